The van der Waals surface area contributed by atoms with Crippen LogP contribution in [-0.4, -0.2) is 59.2 Å². The number of fused-ring (bicyclic) bond motifs is 2. The fourth-order valence-corrected chi connectivity index (χ4v) is 5.09. The smallest absolute Gasteiger partial charge is 0.319 e. The van der Waals surface area contributed by atoms with E-state index in [0.717, 1.165) is 25.9 Å². The standard InChI is InChI=1S/C23H24ClFN5O.Ni/c1-29(2)21-16-13-26-19(15-7-3-4-8-17(15)24)18(25)20(16)27-22(28-21)31-14-23-9-5-11-30(23)12-6-10-23;/h3-4,7,13H,5-6,9-12,14H2,1-2H3;/q-1;. The minimum absolute atomic E-state index is 0. The third-order valence-electron chi connectivity index (χ3n) is 6.41. The van der Waals surface area contributed by atoms with E-state index in [1.807, 2.05) is 19.0 Å². The van der Waals surface area contributed by atoms with Crippen LogP contribution in [0, 0.1) is 11.9 Å². The molecule has 2 saturated heterocycles. The molecule has 0 N–H and O–H groups in total. The first-order valence-electron chi connectivity index (χ1n) is 10.6. The van der Waals surface area contributed by atoms with Crippen LogP contribution in [-0.2, 0) is 16.5 Å². The van der Waals surface area contributed by atoms with Gasteiger partial charge in [-0.3, -0.25) is 9.88 Å². The van der Waals surface area contributed by atoms with Crippen LogP contribution in [0.3, 0.4) is 0 Å². The van der Waals surface area contributed by atoms with Crippen molar-refractivity contribution in [1.29, 1.82) is 0 Å². The van der Waals surface area contributed by atoms with Gasteiger partial charge in [-0.05, 0) is 38.8 Å². The molecule has 9 heteroatoms. The first-order valence-corrected chi connectivity index (χ1v) is 10.9. The first-order chi connectivity index (χ1) is 15.0. The van der Waals surface area contributed by atoms with Gasteiger partial charge in [-0.1, -0.05) is 10.6 Å². The van der Waals surface area contributed by atoms with Gasteiger partial charge in [0.15, 0.2) is 5.82 Å². The molecule has 0 bridgehead atoms. The summed E-state index contributed by atoms with van der Waals surface area (Å²) < 4.78 is 21.7. The summed E-state index contributed by atoms with van der Waals surface area (Å²) in [6.07, 6.45) is 6.19. The molecule has 0 spiro atoms. The molecule has 0 unspecified atom stereocenters. The minimum atomic E-state index is -0.545. The third-order valence-corrected chi connectivity index (χ3v) is 6.72. The predicted octanol–water partition coefficient (Wildman–Crippen LogP) is 4.36. The molecule has 0 atom stereocenters. The maximum absolute atomic E-state index is 15.6. The summed E-state index contributed by atoms with van der Waals surface area (Å²) in [6, 6.07) is 8.21. The largest absolute Gasteiger partial charge is 0.461 e. The quantitative estimate of drug-likeness (QED) is 0.384. The second kappa shape index (κ2) is 9.08. The van der Waals surface area contributed by atoms with Crippen molar-refractivity contribution < 1.29 is 25.6 Å². The SMILES string of the molecule is CN(C)c1nc(OCC23CCCN2CCC3)nc2c(F)c(-c3ccc[c-]c3Cl)ncc12.[Ni]. The first kappa shape index (κ1) is 23.2. The number of nitrogens with zero attached hydrogens (tertiary/aromatic N) is 5. The fourth-order valence-electron chi connectivity index (χ4n) is 4.87. The van der Waals surface area contributed by atoms with Crippen molar-refractivity contribution in [1.82, 2.24) is 19.9 Å². The van der Waals surface area contributed by atoms with Gasteiger partial charge in [-0.2, -0.15) is 34.2 Å². The van der Waals surface area contributed by atoms with E-state index in [-0.39, 0.29) is 39.3 Å². The molecular weight excluding hydrogens is 475 g/mol. The van der Waals surface area contributed by atoms with Gasteiger partial charge in [0.25, 0.3) is 0 Å². The van der Waals surface area contributed by atoms with Crippen LogP contribution < -0.4 is 9.64 Å². The Morgan fingerprint density at radius 3 is 2.69 bits per heavy atom. The summed E-state index contributed by atoms with van der Waals surface area (Å²) in [6.45, 7) is 2.75. The second-order valence-electron chi connectivity index (χ2n) is 8.51. The Balaban J connectivity index is 0.00000245. The molecule has 2 aliphatic heterocycles. The van der Waals surface area contributed by atoms with Crippen LogP contribution in [0.5, 0.6) is 6.01 Å². The number of ether oxygens (including phenoxy) is 1. The summed E-state index contributed by atoms with van der Waals surface area (Å²) in [5, 5.41) is 0.837. The fraction of sp³-hybridized carbons (Fsp3) is 0.435. The molecule has 1 aromatic carbocycles. The molecule has 2 aliphatic rings. The van der Waals surface area contributed by atoms with E-state index in [1.165, 1.54) is 12.8 Å². The van der Waals surface area contributed by atoms with E-state index in [0.29, 0.717) is 28.4 Å². The molecule has 172 valence electrons. The monoisotopic (exact) mass is 498 g/mol. The topological polar surface area (TPSA) is 54.4 Å². The second-order valence-corrected chi connectivity index (χ2v) is 8.89. The van der Waals surface area contributed by atoms with E-state index >= 15 is 4.39 Å². The van der Waals surface area contributed by atoms with E-state index < -0.39 is 5.82 Å². The van der Waals surface area contributed by atoms with Crippen LogP contribution in [0.25, 0.3) is 22.2 Å². The maximum atomic E-state index is 15.6. The zero-order valence-electron chi connectivity index (χ0n) is 18.0. The number of anilines is 1. The average molecular weight is 500 g/mol. The minimum Gasteiger partial charge on any atom is -0.461 e. The van der Waals surface area contributed by atoms with Crippen molar-refractivity contribution in [3.8, 4) is 17.3 Å². The van der Waals surface area contributed by atoms with E-state index in [2.05, 4.69) is 25.9 Å². The summed E-state index contributed by atoms with van der Waals surface area (Å²) in [5.74, 6) is 0.0201. The molecule has 2 aromatic heterocycles. The van der Waals surface area contributed by atoms with E-state index in [9.17, 15) is 0 Å². The van der Waals surface area contributed by atoms with Gasteiger partial charge in [0.05, 0.1) is 16.6 Å². The molecule has 0 saturated carbocycles. The molecule has 4 heterocycles. The Hall–Kier alpha value is -2.02. The number of benzene rings is 1. The predicted molar refractivity (Wildman–Crippen MR) is 119 cm³/mol. The molecule has 5 rings (SSSR count). The van der Waals surface area contributed by atoms with Gasteiger partial charge < -0.3 is 9.64 Å². The van der Waals surface area contributed by atoms with Crippen LogP contribution in [0.15, 0.2) is 24.4 Å². The van der Waals surface area contributed by atoms with Crippen LogP contribution in [0.4, 0.5) is 10.2 Å². The maximum Gasteiger partial charge on any atom is 0.319 e. The molecule has 0 aliphatic carbocycles. The Morgan fingerprint density at radius 1 is 1.25 bits per heavy atom. The third kappa shape index (κ3) is 3.93. The van der Waals surface area contributed by atoms with E-state index in [4.69, 9.17) is 16.3 Å². The van der Waals surface area contributed by atoms with Crippen molar-refractivity contribution in [3.63, 3.8) is 0 Å². The van der Waals surface area contributed by atoms with Gasteiger partial charge in [-0.25, -0.2) is 4.39 Å². The Bertz CT molecular complexity index is 1130. The molecule has 32 heavy (non-hydrogen) atoms. The number of aromatic nitrogens is 3. The number of hydrogen-bond acceptors (Lipinski definition) is 6. The number of hydrogen-bond donors (Lipinski definition) is 0. The molecule has 0 amide bonds. The van der Waals surface area contributed by atoms with Gasteiger partial charge in [0, 0.05) is 36.8 Å². The summed E-state index contributed by atoms with van der Waals surface area (Å²) >= 11 is 6.24. The van der Waals surface area contributed by atoms with Crippen molar-refractivity contribution >= 4 is 28.3 Å². The van der Waals surface area contributed by atoms with Crippen molar-refractivity contribution in [2.24, 2.45) is 0 Å². The van der Waals surface area contributed by atoms with Gasteiger partial charge in [0.2, 0.25) is 0 Å². The molecule has 2 fully saturated rings. The van der Waals surface area contributed by atoms with Gasteiger partial charge in [-0.15, -0.1) is 11.6 Å². The van der Waals surface area contributed by atoms with E-state index in [1.54, 1.807) is 24.4 Å². The number of pyridine rings is 1. The zero-order valence-corrected chi connectivity index (χ0v) is 19.7. The Morgan fingerprint density at radius 2 is 2.00 bits per heavy atom. The van der Waals surface area contributed by atoms with Crippen molar-refractivity contribution in [2.45, 2.75) is 31.2 Å². The normalized spacial score (nSPS) is 17.2. The zero-order chi connectivity index (χ0) is 21.6. The molecule has 6 nitrogen and oxygen atoms in total. The Labute approximate surface area is 202 Å². The van der Waals surface area contributed by atoms with Crippen LogP contribution in [0.2, 0.25) is 5.02 Å². The van der Waals surface area contributed by atoms with Crippen LogP contribution in [0.1, 0.15) is 25.7 Å². The summed E-state index contributed by atoms with van der Waals surface area (Å²) in [4.78, 5) is 17.7. The Kier molecular flexibility index (Phi) is 6.57. The van der Waals surface area contributed by atoms with Gasteiger partial charge >= 0.3 is 6.01 Å². The van der Waals surface area contributed by atoms with Crippen molar-refractivity contribution in [2.75, 3.05) is 38.7 Å². The number of halogens is 2. The molecule has 0 radical (unpaired) electrons. The van der Waals surface area contributed by atoms with Crippen molar-refractivity contribution in [3.05, 3.63) is 41.3 Å². The average Bonchev–Trinajstić information content (AvgIpc) is 3.33. The van der Waals surface area contributed by atoms with Gasteiger partial charge in [0.1, 0.15) is 17.9 Å². The molecular formula is C23H24ClFN5NiO-. The summed E-state index contributed by atoms with van der Waals surface area (Å²) in [7, 11) is 3.71. The number of rotatable bonds is 5. The van der Waals surface area contributed by atoms with Crippen LogP contribution >= 0.6 is 11.6 Å². The molecule has 3 aromatic rings. The summed E-state index contributed by atoms with van der Waals surface area (Å²) in [5.41, 5.74) is 0.847.